The predicted octanol–water partition coefficient (Wildman–Crippen LogP) is 3.02. The zero-order valence-corrected chi connectivity index (χ0v) is 13.7. The minimum absolute atomic E-state index is 0.0858. The van der Waals surface area contributed by atoms with Gasteiger partial charge in [0.05, 0.1) is 11.9 Å². The van der Waals surface area contributed by atoms with Gasteiger partial charge in [-0.3, -0.25) is 4.79 Å². The Bertz CT molecular complexity index is 891. The van der Waals surface area contributed by atoms with Crippen LogP contribution in [-0.2, 0) is 11.8 Å². The van der Waals surface area contributed by atoms with Crippen LogP contribution in [0.1, 0.15) is 11.4 Å². The first kappa shape index (κ1) is 15.8. The number of aromatic nitrogens is 1. The molecule has 5 heteroatoms. The number of benzene rings is 2. The van der Waals surface area contributed by atoms with Gasteiger partial charge in [-0.05, 0) is 30.5 Å². The number of ether oxygens (including phenoxy) is 1. The number of amides is 1. The first-order valence-electron chi connectivity index (χ1n) is 7.70. The van der Waals surface area contributed by atoms with Crippen LogP contribution in [0.4, 0.5) is 0 Å². The molecular weight excluding hydrogens is 302 g/mol. The van der Waals surface area contributed by atoms with Crippen molar-refractivity contribution in [2.75, 3.05) is 6.61 Å². The molecule has 3 aromatic rings. The lowest BCUT2D eigenvalue weighted by Gasteiger charge is -2.08. The van der Waals surface area contributed by atoms with E-state index in [4.69, 9.17) is 4.74 Å². The molecule has 1 heterocycles. The molecule has 0 saturated carbocycles. The molecule has 122 valence electrons. The molecule has 5 nitrogen and oxygen atoms in total. The van der Waals surface area contributed by atoms with Crippen molar-refractivity contribution in [1.82, 2.24) is 9.99 Å². The monoisotopic (exact) mass is 321 g/mol. The molecule has 1 N–H and O–H groups in total. The van der Waals surface area contributed by atoms with Crippen LogP contribution in [0.15, 0.2) is 59.7 Å². The summed E-state index contributed by atoms with van der Waals surface area (Å²) < 4.78 is 7.61. The van der Waals surface area contributed by atoms with Gasteiger partial charge in [0.1, 0.15) is 5.75 Å². The van der Waals surface area contributed by atoms with E-state index in [0.717, 1.165) is 22.2 Å². The number of hydrogen-bond donors (Lipinski definition) is 1. The fraction of sp³-hybridized carbons (Fsp3) is 0.158. The van der Waals surface area contributed by atoms with Gasteiger partial charge in [-0.2, -0.15) is 5.10 Å². The quantitative estimate of drug-likeness (QED) is 0.580. The van der Waals surface area contributed by atoms with E-state index in [1.54, 1.807) is 6.21 Å². The molecule has 0 aliphatic carbocycles. The van der Waals surface area contributed by atoms with Crippen LogP contribution in [0.3, 0.4) is 0 Å². The van der Waals surface area contributed by atoms with Gasteiger partial charge in [-0.25, -0.2) is 5.43 Å². The first-order chi connectivity index (χ1) is 11.6. The van der Waals surface area contributed by atoms with Crippen LogP contribution in [0, 0.1) is 6.92 Å². The van der Waals surface area contributed by atoms with Gasteiger partial charge < -0.3 is 9.30 Å². The second-order valence-electron chi connectivity index (χ2n) is 5.52. The highest BCUT2D eigenvalue weighted by Gasteiger charge is 2.05. The van der Waals surface area contributed by atoms with Crippen molar-refractivity contribution in [2.24, 2.45) is 12.1 Å². The Morgan fingerprint density at radius 3 is 2.75 bits per heavy atom. The van der Waals surface area contributed by atoms with Crippen molar-refractivity contribution in [3.63, 3.8) is 0 Å². The maximum absolute atomic E-state index is 11.9. The highest BCUT2D eigenvalue weighted by atomic mass is 16.5. The average molecular weight is 321 g/mol. The SMILES string of the molecule is Cc1ccc(/C=N\NC(=O)COc2cccc3ccccc23)n1C. The van der Waals surface area contributed by atoms with Crippen LogP contribution in [0.25, 0.3) is 10.8 Å². The van der Waals surface area contributed by atoms with E-state index in [1.807, 2.05) is 73.1 Å². The van der Waals surface area contributed by atoms with E-state index in [2.05, 4.69) is 10.5 Å². The largest absolute Gasteiger partial charge is 0.483 e. The summed E-state index contributed by atoms with van der Waals surface area (Å²) in [5.41, 5.74) is 4.52. The number of hydrazone groups is 1. The maximum Gasteiger partial charge on any atom is 0.277 e. The van der Waals surface area contributed by atoms with Crippen LogP contribution in [0.2, 0.25) is 0 Å². The summed E-state index contributed by atoms with van der Waals surface area (Å²) >= 11 is 0. The zero-order chi connectivity index (χ0) is 16.9. The fourth-order valence-electron chi connectivity index (χ4n) is 2.43. The number of nitrogens with zero attached hydrogens (tertiary/aromatic N) is 2. The molecule has 0 bridgehead atoms. The summed E-state index contributed by atoms with van der Waals surface area (Å²) in [6, 6.07) is 17.6. The van der Waals surface area contributed by atoms with Crippen molar-refractivity contribution < 1.29 is 9.53 Å². The summed E-state index contributed by atoms with van der Waals surface area (Å²) in [6.45, 7) is 1.92. The molecule has 0 radical (unpaired) electrons. The van der Waals surface area contributed by atoms with Gasteiger partial charge in [-0.1, -0.05) is 36.4 Å². The minimum atomic E-state index is -0.301. The number of rotatable bonds is 5. The highest BCUT2D eigenvalue weighted by molar-refractivity contribution is 5.88. The van der Waals surface area contributed by atoms with E-state index in [-0.39, 0.29) is 12.5 Å². The van der Waals surface area contributed by atoms with E-state index >= 15 is 0 Å². The number of fused-ring (bicyclic) bond motifs is 1. The third-order valence-electron chi connectivity index (χ3n) is 3.91. The van der Waals surface area contributed by atoms with Crippen molar-refractivity contribution in [3.8, 4) is 5.75 Å². The Morgan fingerprint density at radius 1 is 1.17 bits per heavy atom. The number of hydrogen-bond acceptors (Lipinski definition) is 3. The third-order valence-corrected chi connectivity index (χ3v) is 3.91. The van der Waals surface area contributed by atoms with Gasteiger partial charge in [0.15, 0.2) is 6.61 Å². The summed E-state index contributed by atoms with van der Waals surface area (Å²) in [5, 5.41) is 6.02. The van der Waals surface area contributed by atoms with Gasteiger partial charge >= 0.3 is 0 Å². The summed E-state index contributed by atoms with van der Waals surface area (Å²) in [6.07, 6.45) is 1.61. The Hall–Kier alpha value is -3.08. The van der Waals surface area contributed by atoms with Crippen molar-refractivity contribution >= 4 is 22.9 Å². The molecule has 0 atom stereocenters. The summed E-state index contributed by atoms with van der Waals surface area (Å²) in [5.74, 6) is 0.385. The Labute approximate surface area is 140 Å². The molecule has 24 heavy (non-hydrogen) atoms. The van der Waals surface area contributed by atoms with Crippen LogP contribution in [-0.4, -0.2) is 23.3 Å². The summed E-state index contributed by atoms with van der Waals surface area (Å²) in [7, 11) is 1.95. The predicted molar refractivity (Wildman–Crippen MR) is 95.3 cm³/mol. The number of nitrogens with one attached hydrogen (secondary N) is 1. The van der Waals surface area contributed by atoms with Gasteiger partial charge in [0.25, 0.3) is 5.91 Å². The van der Waals surface area contributed by atoms with Crippen LogP contribution >= 0.6 is 0 Å². The van der Waals surface area contributed by atoms with Crippen molar-refractivity contribution in [1.29, 1.82) is 0 Å². The van der Waals surface area contributed by atoms with E-state index < -0.39 is 0 Å². The van der Waals surface area contributed by atoms with Crippen LogP contribution < -0.4 is 10.2 Å². The highest BCUT2D eigenvalue weighted by Crippen LogP contribution is 2.24. The van der Waals surface area contributed by atoms with E-state index in [9.17, 15) is 4.79 Å². The number of carbonyl (C=O) groups is 1. The number of carbonyl (C=O) groups excluding carboxylic acids is 1. The Kier molecular flexibility index (Phi) is 4.61. The second-order valence-corrected chi connectivity index (χ2v) is 5.52. The molecule has 1 amide bonds. The van der Waals surface area contributed by atoms with Gasteiger partial charge in [0, 0.05) is 18.1 Å². The number of aryl methyl sites for hydroxylation is 1. The minimum Gasteiger partial charge on any atom is -0.483 e. The molecule has 0 aliphatic rings. The fourth-order valence-corrected chi connectivity index (χ4v) is 2.43. The zero-order valence-electron chi connectivity index (χ0n) is 13.7. The maximum atomic E-state index is 11.9. The van der Waals surface area contributed by atoms with E-state index in [0.29, 0.717) is 5.75 Å². The molecule has 0 aliphatic heterocycles. The molecule has 1 aromatic heterocycles. The van der Waals surface area contributed by atoms with E-state index in [1.165, 1.54) is 0 Å². The first-order valence-corrected chi connectivity index (χ1v) is 7.70. The smallest absolute Gasteiger partial charge is 0.277 e. The lowest BCUT2D eigenvalue weighted by atomic mass is 10.1. The van der Waals surface area contributed by atoms with Gasteiger partial charge in [0.2, 0.25) is 0 Å². The Morgan fingerprint density at radius 2 is 1.96 bits per heavy atom. The lowest BCUT2D eigenvalue weighted by molar-refractivity contribution is -0.123. The topological polar surface area (TPSA) is 55.6 Å². The van der Waals surface area contributed by atoms with Gasteiger partial charge in [-0.15, -0.1) is 0 Å². The standard InChI is InChI=1S/C19H19N3O2/c1-14-10-11-16(22(14)2)12-20-21-19(23)13-24-18-9-5-7-15-6-3-4-8-17(15)18/h3-12H,13H2,1-2H3,(H,21,23)/b20-12-. The Balaban J connectivity index is 1.58. The normalized spacial score (nSPS) is 11.1. The molecular formula is C19H19N3O2. The molecule has 0 saturated heterocycles. The van der Waals surface area contributed by atoms with Crippen molar-refractivity contribution in [2.45, 2.75) is 6.92 Å². The lowest BCUT2D eigenvalue weighted by Crippen LogP contribution is -2.24. The average Bonchev–Trinajstić information content (AvgIpc) is 2.92. The molecule has 2 aromatic carbocycles. The van der Waals surface area contributed by atoms with Crippen LogP contribution in [0.5, 0.6) is 5.75 Å². The van der Waals surface area contributed by atoms with Crippen molar-refractivity contribution in [3.05, 3.63) is 66.0 Å². The molecule has 3 rings (SSSR count). The molecule has 0 unspecified atom stereocenters. The second kappa shape index (κ2) is 7.00. The third kappa shape index (κ3) is 3.46. The molecule has 0 fully saturated rings. The molecule has 0 spiro atoms. The summed E-state index contributed by atoms with van der Waals surface area (Å²) in [4.78, 5) is 11.9.